The van der Waals surface area contributed by atoms with Gasteiger partial charge in [0.2, 0.25) is 5.75 Å². The lowest BCUT2D eigenvalue weighted by Crippen LogP contribution is -2.54. The summed E-state index contributed by atoms with van der Waals surface area (Å²) in [6.07, 6.45) is -3.67. The maximum absolute atomic E-state index is 13.2. The summed E-state index contributed by atoms with van der Waals surface area (Å²) in [4.78, 5) is 49.3. The molecule has 212 valence electrons. The molecule has 10 nitrogen and oxygen atoms in total. The zero-order valence-corrected chi connectivity index (χ0v) is 23.3. The molecule has 0 radical (unpaired) electrons. The summed E-state index contributed by atoms with van der Waals surface area (Å²) in [6, 6.07) is 7.36. The van der Waals surface area contributed by atoms with Crippen LogP contribution in [0.25, 0.3) is 6.08 Å². The molecule has 0 bridgehead atoms. The Morgan fingerprint density at radius 1 is 1.02 bits per heavy atom. The number of anilines is 1. The van der Waals surface area contributed by atoms with Gasteiger partial charge in [0.1, 0.15) is 5.57 Å². The molecule has 1 fully saturated rings. The second-order valence-corrected chi connectivity index (χ2v) is 9.80. The van der Waals surface area contributed by atoms with Gasteiger partial charge < -0.3 is 9.47 Å². The topological polar surface area (TPSA) is 128 Å². The molecule has 3 aromatic carbocycles. The van der Waals surface area contributed by atoms with E-state index in [2.05, 4.69) is 21.2 Å². The van der Waals surface area contributed by atoms with Crippen LogP contribution in [0.2, 0.25) is 10.0 Å². The van der Waals surface area contributed by atoms with Crippen LogP contribution in [0.5, 0.6) is 17.2 Å². The number of carbonyl (C=O) groups excluding carboxylic acids is 3. The van der Waals surface area contributed by atoms with E-state index in [9.17, 15) is 37.7 Å². The predicted molar refractivity (Wildman–Crippen MR) is 144 cm³/mol. The van der Waals surface area contributed by atoms with E-state index in [0.717, 1.165) is 12.1 Å². The molecule has 0 saturated carbocycles. The molecule has 0 atom stereocenters. The second-order valence-electron chi connectivity index (χ2n) is 8.13. The van der Waals surface area contributed by atoms with E-state index >= 15 is 0 Å². The van der Waals surface area contributed by atoms with E-state index in [1.165, 1.54) is 37.4 Å². The molecule has 1 heterocycles. The van der Waals surface area contributed by atoms with Crippen LogP contribution in [0, 0.1) is 10.1 Å². The van der Waals surface area contributed by atoms with Gasteiger partial charge in [-0.1, -0.05) is 23.2 Å². The summed E-state index contributed by atoms with van der Waals surface area (Å²) in [5, 5.41) is 13.7. The molecule has 3 aromatic rings. The highest BCUT2D eigenvalue weighted by molar-refractivity contribution is 9.10. The monoisotopic (exact) mass is 673 g/mol. The number of methoxy groups -OCH3 is 1. The second kappa shape index (κ2) is 11.4. The number of nitrogens with zero attached hydrogens (tertiary/aromatic N) is 2. The van der Waals surface area contributed by atoms with E-state index in [0.29, 0.717) is 17.0 Å². The minimum Gasteiger partial charge on any atom is -0.493 e. The number of halogens is 6. The number of ether oxygens (including phenoxy) is 2. The molecule has 4 amide bonds. The Balaban J connectivity index is 1.72. The molecular weight excluding hydrogens is 662 g/mol. The third-order valence-corrected chi connectivity index (χ3v) is 6.85. The molecule has 0 unspecified atom stereocenters. The van der Waals surface area contributed by atoms with Crippen molar-refractivity contribution in [2.24, 2.45) is 0 Å². The van der Waals surface area contributed by atoms with E-state index in [1.807, 2.05) is 0 Å². The van der Waals surface area contributed by atoms with Crippen molar-refractivity contribution in [1.29, 1.82) is 0 Å². The zero-order chi connectivity index (χ0) is 30.2. The Kier molecular flexibility index (Phi) is 8.29. The summed E-state index contributed by atoms with van der Waals surface area (Å²) < 4.78 is 50.1. The molecule has 1 N–H and O–H groups in total. The lowest BCUT2D eigenvalue weighted by molar-refractivity contribution is -0.385. The van der Waals surface area contributed by atoms with Crippen LogP contribution in [0.4, 0.5) is 29.3 Å². The van der Waals surface area contributed by atoms with Crippen molar-refractivity contribution >= 4 is 74.4 Å². The first kappa shape index (κ1) is 29.8. The number of carbonyl (C=O) groups is 3. The molecule has 0 aliphatic carbocycles. The van der Waals surface area contributed by atoms with Gasteiger partial charge in [-0.25, -0.2) is 9.69 Å². The van der Waals surface area contributed by atoms with Gasteiger partial charge in [0.25, 0.3) is 11.8 Å². The summed E-state index contributed by atoms with van der Waals surface area (Å²) in [6.45, 7) is 0. The number of barbiturate groups is 1. The van der Waals surface area contributed by atoms with Gasteiger partial charge in [-0.3, -0.25) is 25.0 Å². The highest BCUT2D eigenvalue weighted by atomic mass is 79.9. The van der Waals surface area contributed by atoms with Crippen molar-refractivity contribution in [2.45, 2.75) is 6.18 Å². The lowest BCUT2D eigenvalue weighted by Gasteiger charge is -2.26. The van der Waals surface area contributed by atoms with Crippen LogP contribution in [-0.2, 0) is 15.8 Å². The maximum atomic E-state index is 13.2. The third-order valence-electron chi connectivity index (χ3n) is 5.52. The van der Waals surface area contributed by atoms with Crippen LogP contribution in [0.1, 0.15) is 11.1 Å². The molecular formula is C25H13BrCl2F3N3O7. The molecule has 1 aliphatic rings. The van der Waals surface area contributed by atoms with E-state index in [1.54, 1.807) is 0 Å². The Bertz CT molecular complexity index is 1660. The van der Waals surface area contributed by atoms with E-state index < -0.39 is 51.5 Å². The number of amides is 4. The fourth-order valence-electron chi connectivity index (χ4n) is 3.64. The number of nitrogens with one attached hydrogen (secondary N) is 1. The van der Waals surface area contributed by atoms with Gasteiger partial charge in [0.15, 0.2) is 11.5 Å². The quantitative estimate of drug-likeness (QED) is 0.127. The van der Waals surface area contributed by atoms with Crippen molar-refractivity contribution in [3.05, 3.63) is 89.9 Å². The average Bonchev–Trinajstić information content (AvgIpc) is 2.89. The number of rotatable bonds is 6. The number of hydrogen-bond acceptors (Lipinski definition) is 7. The van der Waals surface area contributed by atoms with Gasteiger partial charge >= 0.3 is 17.9 Å². The van der Waals surface area contributed by atoms with Crippen molar-refractivity contribution in [1.82, 2.24) is 5.32 Å². The standard InChI is InChI=1S/C25H13BrCl2F3N3O7/c1-40-20-8-11(6-14-22(35)32-24(37)33(23(14)36)13-3-4-16(27)17(28)10-13)7-15(26)21(20)41-19-5-2-12(25(29,30)31)9-18(19)34(38)39/h2-10H,1H3,(H,32,35,37)/b14-6+. The summed E-state index contributed by atoms with van der Waals surface area (Å²) in [7, 11) is 1.22. The van der Waals surface area contributed by atoms with Gasteiger partial charge in [0, 0.05) is 6.07 Å². The van der Waals surface area contributed by atoms with Gasteiger partial charge in [-0.15, -0.1) is 0 Å². The predicted octanol–water partition coefficient (Wildman–Crippen LogP) is 7.15. The van der Waals surface area contributed by atoms with Crippen LogP contribution >= 0.6 is 39.1 Å². The summed E-state index contributed by atoms with van der Waals surface area (Å²) in [5.41, 5.74) is -2.41. The average molecular weight is 675 g/mol. The minimum atomic E-state index is -4.82. The molecule has 1 saturated heterocycles. The number of urea groups is 1. The first-order valence-corrected chi connectivity index (χ1v) is 12.5. The third kappa shape index (κ3) is 6.14. The Labute approximate surface area is 246 Å². The van der Waals surface area contributed by atoms with E-state index in [-0.39, 0.29) is 37.3 Å². The molecule has 4 rings (SSSR count). The summed E-state index contributed by atoms with van der Waals surface area (Å²) in [5.74, 6) is -2.70. The Morgan fingerprint density at radius 3 is 2.34 bits per heavy atom. The molecule has 1 aliphatic heterocycles. The minimum absolute atomic E-state index is 0.0425. The van der Waals surface area contributed by atoms with Crippen molar-refractivity contribution in [3.63, 3.8) is 0 Å². The Hall–Kier alpha value is -4.14. The van der Waals surface area contributed by atoms with Crippen LogP contribution < -0.4 is 19.7 Å². The van der Waals surface area contributed by atoms with Crippen LogP contribution in [0.3, 0.4) is 0 Å². The largest absolute Gasteiger partial charge is 0.493 e. The van der Waals surface area contributed by atoms with Gasteiger partial charge in [0.05, 0.1) is 37.8 Å². The smallest absolute Gasteiger partial charge is 0.416 e. The van der Waals surface area contributed by atoms with Gasteiger partial charge in [-0.05, 0) is 70.0 Å². The van der Waals surface area contributed by atoms with Crippen molar-refractivity contribution in [2.75, 3.05) is 12.0 Å². The fourth-order valence-corrected chi connectivity index (χ4v) is 4.47. The highest BCUT2D eigenvalue weighted by Gasteiger charge is 2.37. The first-order chi connectivity index (χ1) is 19.2. The maximum Gasteiger partial charge on any atom is 0.416 e. The molecule has 0 spiro atoms. The van der Waals surface area contributed by atoms with E-state index in [4.69, 9.17) is 32.7 Å². The number of alkyl halides is 3. The van der Waals surface area contributed by atoms with Crippen molar-refractivity contribution in [3.8, 4) is 17.2 Å². The molecule has 41 heavy (non-hydrogen) atoms. The normalized spacial score (nSPS) is 14.8. The molecule has 0 aromatic heterocycles. The zero-order valence-electron chi connectivity index (χ0n) is 20.2. The lowest BCUT2D eigenvalue weighted by atomic mass is 10.1. The summed E-state index contributed by atoms with van der Waals surface area (Å²) >= 11 is 15.1. The SMILES string of the molecule is COc1cc(/C=C2\C(=O)NC(=O)N(c3ccc(Cl)c(Cl)c3)C2=O)cc(Br)c1Oc1ccc(C(F)(F)F)cc1[N+](=O)[O-]. The van der Waals surface area contributed by atoms with Gasteiger partial charge in [-0.2, -0.15) is 13.2 Å². The number of nitro benzene ring substituents is 1. The van der Waals surface area contributed by atoms with Crippen molar-refractivity contribution < 1.29 is 42.0 Å². The number of nitro groups is 1. The van der Waals surface area contributed by atoms with Crippen LogP contribution in [-0.4, -0.2) is 29.9 Å². The number of hydrogen-bond donors (Lipinski definition) is 1. The highest BCUT2D eigenvalue weighted by Crippen LogP contribution is 2.44. The van der Waals surface area contributed by atoms with Crippen LogP contribution in [0.15, 0.2) is 58.6 Å². The Morgan fingerprint density at radius 2 is 1.73 bits per heavy atom. The first-order valence-electron chi connectivity index (χ1n) is 11.0. The number of benzene rings is 3. The number of imide groups is 2. The molecule has 16 heteroatoms. The fraction of sp³-hybridized carbons (Fsp3) is 0.0800.